The fourth-order valence-electron chi connectivity index (χ4n) is 4.58. The Hall–Kier alpha value is -1.60. The Morgan fingerprint density at radius 1 is 1.24 bits per heavy atom. The van der Waals surface area contributed by atoms with Gasteiger partial charge in [-0.25, -0.2) is 0 Å². The third kappa shape index (κ3) is 4.45. The molecule has 0 bridgehead atoms. The van der Waals surface area contributed by atoms with Crippen LogP contribution < -0.4 is 10.1 Å². The molecule has 2 aliphatic heterocycles. The Labute approximate surface area is 183 Å². The molecule has 1 aromatic heterocycles. The Morgan fingerprint density at radius 3 is 2.86 bits per heavy atom. The number of nitrogens with zero attached hydrogens (tertiary/aromatic N) is 2. The molecule has 158 valence electrons. The first kappa shape index (κ1) is 22.1. The molecular weight excluding hydrogens is 406 g/mol. The third-order valence-electron chi connectivity index (χ3n) is 5.99. The van der Waals surface area contributed by atoms with Gasteiger partial charge in [0, 0.05) is 36.6 Å². The van der Waals surface area contributed by atoms with Crippen molar-refractivity contribution >= 4 is 29.7 Å². The van der Waals surface area contributed by atoms with Gasteiger partial charge in [-0.3, -0.25) is 9.69 Å². The van der Waals surface area contributed by atoms with E-state index in [9.17, 15) is 4.79 Å². The second kappa shape index (κ2) is 9.94. The largest absolute Gasteiger partial charge is 0.496 e. The molecule has 0 spiro atoms. The average molecular weight is 436 g/mol. The van der Waals surface area contributed by atoms with Gasteiger partial charge in [0.05, 0.1) is 25.7 Å². The van der Waals surface area contributed by atoms with Gasteiger partial charge >= 0.3 is 0 Å². The molecule has 5 nitrogen and oxygen atoms in total. The maximum atomic E-state index is 13.3. The fourth-order valence-corrected chi connectivity index (χ4v) is 5.51. The van der Waals surface area contributed by atoms with E-state index in [0.717, 1.165) is 50.3 Å². The Bertz CT molecular complexity index is 828. The van der Waals surface area contributed by atoms with E-state index in [0.29, 0.717) is 6.54 Å². The first-order chi connectivity index (χ1) is 13.7. The summed E-state index contributed by atoms with van der Waals surface area (Å²) in [6.45, 7) is 6.07. The van der Waals surface area contributed by atoms with E-state index in [2.05, 4.69) is 39.6 Å². The molecule has 29 heavy (non-hydrogen) atoms. The number of para-hydroxylation sites is 1. The van der Waals surface area contributed by atoms with Crippen LogP contribution in [0.25, 0.3) is 0 Å². The zero-order chi connectivity index (χ0) is 19.5. The summed E-state index contributed by atoms with van der Waals surface area (Å²) in [5.41, 5.74) is 2.50. The SMILES string of the molecule is CCC1c2ccsc2CCN1C(=O)CN1CCNCC1c1ccccc1OC.Cl. The summed E-state index contributed by atoms with van der Waals surface area (Å²) in [5, 5.41) is 5.64. The molecule has 1 amide bonds. The molecular formula is C22H30ClN3O2S. The molecule has 0 saturated carbocycles. The first-order valence-corrected chi connectivity index (χ1v) is 11.0. The molecule has 2 aliphatic rings. The highest BCUT2D eigenvalue weighted by Gasteiger charge is 2.33. The van der Waals surface area contributed by atoms with Gasteiger partial charge in [-0.1, -0.05) is 25.1 Å². The van der Waals surface area contributed by atoms with Gasteiger partial charge in [0.25, 0.3) is 0 Å². The molecule has 1 fully saturated rings. The summed E-state index contributed by atoms with van der Waals surface area (Å²) in [6.07, 6.45) is 1.94. The number of methoxy groups -OCH3 is 1. The van der Waals surface area contributed by atoms with Gasteiger partial charge in [0.15, 0.2) is 0 Å². The van der Waals surface area contributed by atoms with Gasteiger partial charge in [0.1, 0.15) is 5.75 Å². The summed E-state index contributed by atoms with van der Waals surface area (Å²) in [5.74, 6) is 1.13. The van der Waals surface area contributed by atoms with Crippen molar-refractivity contribution in [1.29, 1.82) is 0 Å². The molecule has 1 aromatic carbocycles. The van der Waals surface area contributed by atoms with Gasteiger partial charge in [0.2, 0.25) is 5.91 Å². The van der Waals surface area contributed by atoms with E-state index in [1.165, 1.54) is 10.4 Å². The second-order valence-electron chi connectivity index (χ2n) is 7.49. The van der Waals surface area contributed by atoms with Crippen LogP contribution in [0.4, 0.5) is 0 Å². The van der Waals surface area contributed by atoms with Crippen molar-refractivity contribution in [2.24, 2.45) is 0 Å². The smallest absolute Gasteiger partial charge is 0.237 e. The van der Waals surface area contributed by atoms with Crippen molar-refractivity contribution in [2.45, 2.75) is 31.8 Å². The van der Waals surface area contributed by atoms with E-state index in [-0.39, 0.29) is 30.4 Å². The number of rotatable bonds is 5. The topological polar surface area (TPSA) is 44.8 Å². The summed E-state index contributed by atoms with van der Waals surface area (Å²) in [7, 11) is 1.71. The van der Waals surface area contributed by atoms with Crippen molar-refractivity contribution in [3.8, 4) is 5.75 Å². The van der Waals surface area contributed by atoms with Crippen LogP contribution in [0.15, 0.2) is 35.7 Å². The molecule has 3 heterocycles. The zero-order valence-electron chi connectivity index (χ0n) is 17.1. The van der Waals surface area contributed by atoms with E-state index in [1.807, 2.05) is 29.5 Å². The predicted octanol–water partition coefficient (Wildman–Crippen LogP) is 3.66. The van der Waals surface area contributed by atoms with Crippen LogP contribution in [0.2, 0.25) is 0 Å². The van der Waals surface area contributed by atoms with Crippen molar-refractivity contribution in [3.63, 3.8) is 0 Å². The normalized spacial score (nSPS) is 21.9. The number of ether oxygens (including phenoxy) is 1. The van der Waals surface area contributed by atoms with Crippen molar-refractivity contribution in [2.75, 3.05) is 39.8 Å². The Morgan fingerprint density at radius 2 is 2.07 bits per heavy atom. The maximum Gasteiger partial charge on any atom is 0.237 e. The molecule has 4 rings (SSSR count). The highest BCUT2D eigenvalue weighted by Crippen LogP contribution is 2.36. The molecule has 2 aromatic rings. The highest BCUT2D eigenvalue weighted by atomic mass is 35.5. The minimum absolute atomic E-state index is 0. The van der Waals surface area contributed by atoms with Crippen LogP contribution in [0, 0.1) is 0 Å². The summed E-state index contributed by atoms with van der Waals surface area (Å²) >= 11 is 1.83. The van der Waals surface area contributed by atoms with Crippen LogP contribution in [0.5, 0.6) is 5.75 Å². The molecule has 7 heteroatoms. The molecule has 1 saturated heterocycles. The lowest BCUT2D eigenvalue weighted by atomic mass is 9.97. The van der Waals surface area contributed by atoms with Crippen molar-refractivity contribution in [1.82, 2.24) is 15.1 Å². The van der Waals surface area contributed by atoms with Gasteiger partial charge < -0.3 is 15.0 Å². The van der Waals surface area contributed by atoms with Crippen molar-refractivity contribution in [3.05, 3.63) is 51.7 Å². The number of thiophene rings is 1. The number of benzene rings is 1. The summed E-state index contributed by atoms with van der Waals surface area (Å²) in [6, 6.07) is 10.7. The fraction of sp³-hybridized carbons (Fsp3) is 0.500. The van der Waals surface area contributed by atoms with Gasteiger partial charge in [-0.05, 0) is 35.9 Å². The maximum absolute atomic E-state index is 13.3. The lowest BCUT2D eigenvalue weighted by molar-refractivity contribution is -0.136. The molecule has 0 aliphatic carbocycles. The van der Waals surface area contributed by atoms with Crippen LogP contribution >= 0.6 is 23.7 Å². The Kier molecular flexibility index (Phi) is 7.57. The number of fused-ring (bicyclic) bond motifs is 1. The molecule has 1 N–H and O–H groups in total. The Balaban J connectivity index is 0.00000240. The minimum atomic E-state index is 0. The lowest BCUT2D eigenvalue weighted by Gasteiger charge is -2.40. The monoisotopic (exact) mass is 435 g/mol. The first-order valence-electron chi connectivity index (χ1n) is 10.2. The number of hydrogen-bond donors (Lipinski definition) is 1. The zero-order valence-corrected chi connectivity index (χ0v) is 18.7. The molecule has 2 atom stereocenters. The highest BCUT2D eigenvalue weighted by molar-refractivity contribution is 7.10. The molecule has 2 unspecified atom stereocenters. The van der Waals surface area contributed by atoms with E-state index in [4.69, 9.17) is 4.74 Å². The minimum Gasteiger partial charge on any atom is -0.496 e. The lowest BCUT2D eigenvalue weighted by Crippen LogP contribution is -2.51. The predicted molar refractivity (Wildman–Crippen MR) is 120 cm³/mol. The third-order valence-corrected chi connectivity index (χ3v) is 6.99. The van der Waals surface area contributed by atoms with Crippen LogP contribution in [-0.4, -0.2) is 55.5 Å². The number of piperazine rings is 1. The average Bonchev–Trinajstić information content (AvgIpc) is 3.22. The number of carbonyl (C=O) groups excluding carboxylic acids is 1. The van der Waals surface area contributed by atoms with Crippen LogP contribution in [-0.2, 0) is 11.2 Å². The number of halogens is 1. The number of hydrogen-bond acceptors (Lipinski definition) is 5. The van der Waals surface area contributed by atoms with E-state index < -0.39 is 0 Å². The van der Waals surface area contributed by atoms with E-state index >= 15 is 0 Å². The van der Waals surface area contributed by atoms with Crippen molar-refractivity contribution < 1.29 is 9.53 Å². The summed E-state index contributed by atoms with van der Waals surface area (Å²) in [4.78, 5) is 19.2. The summed E-state index contributed by atoms with van der Waals surface area (Å²) < 4.78 is 5.58. The second-order valence-corrected chi connectivity index (χ2v) is 8.49. The molecule has 0 radical (unpaired) electrons. The van der Waals surface area contributed by atoms with E-state index in [1.54, 1.807) is 7.11 Å². The number of carbonyl (C=O) groups is 1. The van der Waals surface area contributed by atoms with Crippen LogP contribution in [0.1, 0.15) is 41.4 Å². The van der Waals surface area contributed by atoms with Gasteiger partial charge in [-0.15, -0.1) is 23.7 Å². The quantitative estimate of drug-likeness (QED) is 0.778. The standard InChI is InChI=1S/C22H29N3O2S.ClH/c1-3-18-17-9-13-28-21(17)8-11-25(18)22(26)15-24-12-10-23-14-19(24)16-6-4-5-7-20(16)27-2;/h4-7,9,13,18-19,23H,3,8,10-12,14-15H2,1-2H3;1H. The number of amides is 1. The number of nitrogens with one attached hydrogen (secondary N) is 1. The van der Waals surface area contributed by atoms with Gasteiger partial charge in [-0.2, -0.15) is 0 Å². The van der Waals surface area contributed by atoms with Crippen LogP contribution in [0.3, 0.4) is 0 Å².